The lowest BCUT2D eigenvalue weighted by molar-refractivity contribution is 0.251. The number of anilines is 1. The predicted molar refractivity (Wildman–Crippen MR) is 92.5 cm³/mol. The Morgan fingerprint density at radius 1 is 1.36 bits per heavy atom. The molecule has 7 heteroatoms. The molecule has 0 spiro atoms. The van der Waals surface area contributed by atoms with Crippen LogP contribution < -0.4 is 10.6 Å². The summed E-state index contributed by atoms with van der Waals surface area (Å²) in [6, 6.07) is 7.46. The normalized spacial score (nSPS) is 20.8. The summed E-state index contributed by atoms with van der Waals surface area (Å²) in [7, 11) is 0. The van der Waals surface area contributed by atoms with Crippen LogP contribution in [0, 0.1) is 0 Å². The third-order valence-corrected chi connectivity index (χ3v) is 5.76. The second kappa shape index (κ2) is 6.66. The van der Waals surface area contributed by atoms with E-state index in [4.69, 9.17) is 0 Å². The first-order chi connectivity index (χ1) is 10.6. The Balaban J connectivity index is 1.53. The minimum Gasteiger partial charge on any atom is -0.336 e. The second-order valence-corrected chi connectivity index (χ2v) is 7.87. The number of thioether (sulfide) groups is 1. The molecule has 2 N–H and O–H groups in total. The van der Waals surface area contributed by atoms with Gasteiger partial charge in [0.2, 0.25) is 0 Å². The highest BCUT2D eigenvalue weighted by Gasteiger charge is 2.29. The van der Waals surface area contributed by atoms with Gasteiger partial charge in [0.05, 0.1) is 0 Å². The standard InChI is InChI=1S/C15H18N4OS2/c1-15(7-2-8-21-15)10-16-14(20)17-12-5-3-11(4-6-12)13-9-22-19-18-13/h3-6,9H,2,7-8,10H2,1H3,(H2,16,17,20). The van der Waals surface area contributed by atoms with E-state index in [0.717, 1.165) is 23.4 Å². The summed E-state index contributed by atoms with van der Waals surface area (Å²) < 4.78 is 4.03. The lowest BCUT2D eigenvalue weighted by Crippen LogP contribution is -2.39. The summed E-state index contributed by atoms with van der Waals surface area (Å²) in [5, 5.41) is 11.7. The Hall–Kier alpha value is -1.60. The van der Waals surface area contributed by atoms with Gasteiger partial charge < -0.3 is 10.6 Å². The van der Waals surface area contributed by atoms with E-state index in [0.29, 0.717) is 6.54 Å². The zero-order valence-electron chi connectivity index (χ0n) is 12.3. The fraction of sp³-hybridized carbons (Fsp3) is 0.400. The van der Waals surface area contributed by atoms with Crippen LogP contribution in [0.4, 0.5) is 10.5 Å². The lowest BCUT2D eigenvalue weighted by Gasteiger charge is -2.22. The molecule has 1 saturated heterocycles. The van der Waals surface area contributed by atoms with E-state index in [-0.39, 0.29) is 10.8 Å². The number of carbonyl (C=O) groups is 1. The zero-order chi connectivity index (χ0) is 15.4. The monoisotopic (exact) mass is 334 g/mol. The van der Waals surface area contributed by atoms with E-state index in [2.05, 4.69) is 27.1 Å². The largest absolute Gasteiger partial charge is 0.336 e. The number of benzene rings is 1. The average molecular weight is 334 g/mol. The number of nitrogens with zero attached hydrogens (tertiary/aromatic N) is 2. The van der Waals surface area contributed by atoms with Gasteiger partial charge in [-0.25, -0.2) is 4.79 Å². The van der Waals surface area contributed by atoms with Crippen LogP contribution in [0.15, 0.2) is 29.6 Å². The minimum absolute atomic E-state index is 0.156. The number of amides is 2. The molecule has 2 heterocycles. The molecule has 22 heavy (non-hydrogen) atoms. The summed E-state index contributed by atoms with van der Waals surface area (Å²) in [6.45, 7) is 2.91. The molecule has 3 rings (SSSR count). The van der Waals surface area contributed by atoms with Gasteiger partial charge in [0.1, 0.15) is 5.69 Å². The molecule has 0 saturated carbocycles. The highest BCUT2D eigenvalue weighted by atomic mass is 32.2. The zero-order valence-corrected chi connectivity index (χ0v) is 14.0. The second-order valence-electron chi connectivity index (χ2n) is 5.58. The molecule has 1 unspecified atom stereocenters. The predicted octanol–water partition coefficient (Wildman–Crippen LogP) is 3.61. The van der Waals surface area contributed by atoms with Crippen molar-refractivity contribution in [1.29, 1.82) is 0 Å². The number of hydrogen-bond donors (Lipinski definition) is 2. The van der Waals surface area contributed by atoms with Crippen LogP contribution in [0.2, 0.25) is 0 Å². The van der Waals surface area contributed by atoms with Gasteiger partial charge in [-0.2, -0.15) is 11.8 Å². The van der Waals surface area contributed by atoms with Crippen molar-refractivity contribution in [2.45, 2.75) is 24.5 Å². The van der Waals surface area contributed by atoms with Crippen molar-refractivity contribution in [3.63, 3.8) is 0 Å². The fourth-order valence-electron chi connectivity index (χ4n) is 2.43. The van der Waals surface area contributed by atoms with E-state index in [1.807, 2.05) is 41.4 Å². The summed E-state index contributed by atoms with van der Waals surface area (Å²) in [6.07, 6.45) is 2.39. The first-order valence-electron chi connectivity index (χ1n) is 7.21. The van der Waals surface area contributed by atoms with Crippen molar-refractivity contribution in [2.75, 3.05) is 17.6 Å². The smallest absolute Gasteiger partial charge is 0.319 e. The van der Waals surface area contributed by atoms with E-state index < -0.39 is 0 Å². The van der Waals surface area contributed by atoms with E-state index in [1.165, 1.54) is 23.7 Å². The molecule has 0 radical (unpaired) electrons. The average Bonchev–Trinajstić information content (AvgIpc) is 3.18. The third kappa shape index (κ3) is 3.78. The van der Waals surface area contributed by atoms with Crippen LogP contribution in [0.25, 0.3) is 11.3 Å². The number of urea groups is 1. The molecular weight excluding hydrogens is 316 g/mol. The van der Waals surface area contributed by atoms with Gasteiger partial charge in [0, 0.05) is 27.9 Å². The Bertz CT molecular complexity index is 622. The third-order valence-electron chi connectivity index (χ3n) is 3.72. The molecule has 1 fully saturated rings. The quantitative estimate of drug-likeness (QED) is 0.896. The molecule has 0 aliphatic carbocycles. The van der Waals surface area contributed by atoms with Crippen molar-refractivity contribution in [3.05, 3.63) is 29.6 Å². The van der Waals surface area contributed by atoms with Crippen molar-refractivity contribution >= 4 is 35.0 Å². The molecule has 2 amide bonds. The van der Waals surface area contributed by atoms with Gasteiger partial charge in [-0.15, -0.1) is 5.10 Å². The van der Waals surface area contributed by atoms with E-state index in [9.17, 15) is 4.79 Å². The maximum absolute atomic E-state index is 12.0. The molecule has 1 aliphatic rings. The maximum atomic E-state index is 12.0. The van der Waals surface area contributed by atoms with Crippen molar-refractivity contribution in [1.82, 2.24) is 14.9 Å². The van der Waals surface area contributed by atoms with Gasteiger partial charge in [-0.3, -0.25) is 0 Å². The number of nitrogens with one attached hydrogen (secondary N) is 2. The van der Waals surface area contributed by atoms with E-state index >= 15 is 0 Å². The van der Waals surface area contributed by atoms with Gasteiger partial charge in [0.15, 0.2) is 0 Å². The Labute approximate surface area is 138 Å². The molecular formula is C15H18N4OS2. The van der Waals surface area contributed by atoms with Gasteiger partial charge in [0.25, 0.3) is 0 Å². The van der Waals surface area contributed by atoms with E-state index in [1.54, 1.807) is 0 Å². The molecule has 2 aromatic rings. The van der Waals surface area contributed by atoms with Gasteiger partial charge in [-0.05, 0) is 49.2 Å². The summed E-state index contributed by atoms with van der Waals surface area (Å²) >= 11 is 3.26. The van der Waals surface area contributed by atoms with Crippen LogP contribution >= 0.6 is 23.3 Å². The SMILES string of the molecule is CC1(CNC(=O)Nc2ccc(-c3csnn3)cc2)CCCS1. The first kappa shape index (κ1) is 15.3. The van der Waals surface area contributed by atoms with Crippen molar-refractivity contribution < 1.29 is 4.79 Å². The topological polar surface area (TPSA) is 66.9 Å². The highest BCUT2D eigenvalue weighted by Crippen LogP contribution is 2.36. The maximum Gasteiger partial charge on any atom is 0.319 e. The number of aromatic nitrogens is 2. The Morgan fingerprint density at radius 2 is 2.18 bits per heavy atom. The van der Waals surface area contributed by atoms with Crippen molar-refractivity contribution in [3.8, 4) is 11.3 Å². The molecule has 1 aromatic heterocycles. The van der Waals surface area contributed by atoms with Crippen molar-refractivity contribution in [2.24, 2.45) is 0 Å². The molecule has 1 atom stereocenters. The van der Waals surface area contributed by atoms with Crippen LogP contribution in [0.3, 0.4) is 0 Å². The molecule has 1 aromatic carbocycles. The fourth-order valence-corrected chi connectivity index (χ4v) is 4.14. The number of hydrogen-bond acceptors (Lipinski definition) is 5. The van der Waals surface area contributed by atoms with Gasteiger partial charge >= 0.3 is 6.03 Å². The highest BCUT2D eigenvalue weighted by molar-refractivity contribution is 8.00. The summed E-state index contributed by atoms with van der Waals surface area (Å²) in [5.41, 5.74) is 2.62. The summed E-state index contributed by atoms with van der Waals surface area (Å²) in [5.74, 6) is 1.19. The number of rotatable bonds is 4. The van der Waals surface area contributed by atoms with Crippen LogP contribution in [-0.2, 0) is 0 Å². The molecule has 0 bridgehead atoms. The lowest BCUT2D eigenvalue weighted by atomic mass is 10.1. The molecule has 116 valence electrons. The van der Waals surface area contributed by atoms with Crippen LogP contribution in [-0.4, -0.2) is 32.7 Å². The molecule has 5 nitrogen and oxygen atoms in total. The minimum atomic E-state index is -0.156. The van der Waals surface area contributed by atoms with Crippen LogP contribution in [0.1, 0.15) is 19.8 Å². The Morgan fingerprint density at radius 3 is 2.82 bits per heavy atom. The number of carbonyl (C=O) groups excluding carboxylic acids is 1. The van der Waals surface area contributed by atoms with Gasteiger partial charge in [-0.1, -0.05) is 16.6 Å². The molecule has 1 aliphatic heterocycles. The first-order valence-corrected chi connectivity index (χ1v) is 9.03. The summed E-state index contributed by atoms with van der Waals surface area (Å²) in [4.78, 5) is 12.0. The van der Waals surface area contributed by atoms with Crippen LogP contribution in [0.5, 0.6) is 0 Å². The Kier molecular flexibility index (Phi) is 4.63.